The van der Waals surface area contributed by atoms with Gasteiger partial charge in [-0.3, -0.25) is 14.3 Å². The van der Waals surface area contributed by atoms with Crippen LogP contribution < -0.4 is 16.0 Å². The van der Waals surface area contributed by atoms with Crippen molar-refractivity contribution in [2.75, 3.05) is 6.61 Å². The van der Waals surface area contributed by atoms with Gasteiger partial charge in [0.2, 0.25) is 0 Å². The number of nitrogens with one attached hydrogen (secondary N) is 1. The summed E-state index contributed by atoms with van der Waals surface area (Å²) < 4.78 is 23.0. The standard InChI is InChI=1S/C23H23FN4O4/c1-14(29)13-28-21-19(22(30)26-23(28)31)27(2)20(25-21)16-8-9-18(17(24)12-16)32-11-10-15-6-4-3-5-7-15/h3-9,12,14,29H,10-11,13H2,1-2H3,(H,26,30,31). The number of imidazole rings is 1. The van der Waals surface area contributed by atoms with Crippen LogP contribution in [0.5, 0.6) is 5.75 Å². The normalized spacial score (nSPS) is 12.2. The van der Waals surface area contributed by atoms with Crippen LogP contribution in [0.2, 0.25) is 0 Å². The monoisotopic (exact) mass is 438 g/mol. The second-order valence-corrected chi connectivity index (χ2v) is 7.61. The van der Waals surface area contributed by atoms with Crippen molar-refractivity contribution in [1.82, 2.24) is 19.1 Å². The fraction of sp³-hybridized carbons (Fsp3) is 0.261. The fourth-order valence-corrected chi connectivity index (χ4v) is 3.62. The number of aryl methyl sites for hydroxylation is 1. The molecule has 4 rings (SSSR count). The molecule has 0 radical (unpaired) electrons. The minimum atomic E-state index is -0.822. The van der Waals surface area contributed by atoms with Crippen LogP contribution in [-0.4, -0.2) is 36.9 Å². The van der Waals surface area contributed by atoms with Gasteiger partial charge >= 0.3 is 5.69 Å². The van der Waals surface area contributed by atoms with Gasteiger partial charge in [0.25, 0.3) is 5.56 Å². The van der Waals surface area contributed by atoms with E-state index in [9.17, 15) is 19.1 Å². The molecule has 0 fully saturated rings. The van der Waals surface area contributed by atoms with Crippen LogP contribution in [0.1, 0.15) is 12.5 Å². The number of aliphatic hydroxyl groups is 1. The van der Waals surface area contributed by atoms with Gasteiger partial charge in [0.1, 0.15) is 5.82 Å². The molecule has 0 aliphatic carbocycles. The Morgan fingerprint density at radius 1 is 1.19 bits per heavy atom. The number of aliphatic hydroxyl groups excluding tert-OH is 1. The number of H-pyrrole nitrogens is 1. The number of rotatable bonds is 7. The maximum Gasteiger partial charge on any atom is 0.330 e. The molecule has 0 spiro atoms. The summed E-state index contributed by atoms with van der Waals surface area (Å²) in [6.45, 7) is 1.82. The Labute approximate surface area is 182 Å². The zero-order chi connectivity index (χ0) is 22.8. The molecular weight excluding hydrogens is 415 g/mol. The number of nitrogens with zero attached hydrogens (tertiary/aromatic N) is 3. The molecule has 0 saturated carbocycles. The average molecular weight is 438 g/mol. The van der Waals surface area contributed by atoms with Gasteiger partial charge in [-0.05, 0) is 30.7 Å². The van der Waals surface area contributed by atoms with Crippen LogP contribution in [0, 0.1) is 5.82 Å². The predicted molar refractivity (Wildman–Crippen MR) is 118 cm³/mol. The summed E-state index contributed by atoms with van der Waals surface area (Å²) in [5.74, 6) is -0.129. The van der Waals surface area contributed by atoms with E-state index in [1.54, 1.807) is 13.1 Å². The van der Waals surface area contributed by atoms with Gasteiger partial charge in [-0.1, -0.05) is 30.3 Å². The number of hydrogen-bond acceptors (Lipinski definition) is 5. The van der Waals surface area contributed by atoms with Gasteiger partial charge < -0.3 is 14.4 Å². The molecule has 2 heterocycles. The van der Waals surface area contributed by atoms with Crippen LogP contribution >= 0.6 is 0 Å². The number of aromatic amines is 1. The predicted octanol–water partition coefficient (Wildman–Crippen LogP) is 2.23. The first-order valence-corrected chi connectivity index (χ1v) is 10.2. The van der Waals surface area contributed by atoms with Crippen molar-refractivity contribution >= 4 is 11.2 Å². The van der Waals surface area contributed by atoms with E-state index in [2.05, 4.69) is 9.97 Å². The van der Waals surface area contributed by atoms with Crippen molar-refractivity contribution in [2.24, 2.45) is 7.05 Å². The van der Waals surface area contributed by atoms with Gasteiger partial charge in [-0.15, -0.1) is 0 Å². The summed E-state index contributed by atoms with van der Waals surface area (Å²) >= 11 is 0. The quantitative estimate of drug-likeness (QED) is 0.461. The first kappa shape index (κ1) is 21.5. The first-order chi connectivity index (χ1) is 15.3. The lowest BCUT2D eigenvalue weighted by Crippen LogP contribution is -2.33. The molecule has 1 atom stereocenters. The summed E-state index contributed by atoms with van der Waals surface area (Å²) in [4.78, 5) is 31.2. The lowest BCUT2D eigenvalue weighted by Gasteiger charge is -2.09. The summed E-state index contributed by atoms with van der Waals surface area (Å²) in [6, 6.07) is 14.2. The Balaban J connectivity index is 1.65. The Morgan fingerprint density at radius 3 is 2.62 bits per heavy atom. The van der Waals surface area contributed by atoms with Gasteiger partial charge in [0.05, 0.1) is 19.3 Å². The van der Waals surface area contributed by atoms with Gasteiger partial charge in [0, 0.05) is 19.0 Å². The smallest absolute Gasteiger partial charge is 0.330 e. The number of hydrogen-bond donors (Lipinski definition) is 2. The van der Waals surface area contributed by atoms with E-state index in [1.165, 1.54) is 28.2 Å². The van der Waals surface area contributed by atoms with Crippen LogP contribution in [0.3, 0.4) is 0 Å². The summed E-state index contributed by atoms with van der Waals surface area (Å²) in [5.41, 5.74) is 0.533. The average Bonchev–Trinajstić information content (AvgIpc) is 3.10. The highest BCUT2D eigenvalue weighted by molar-refractivity contribution is 5.77. The number of fused-ring (bicyclic) bond motifs is 1. The zero-order valence-electron chi connectivity index (χ0n) is 17.7. The molecule has 166 valence electrons. The van der Waals surface area contributed by atoms with Gasteiger partial charge in [-0.25, -0.2) is 14.2 Å². The van der Waals surface area contributed by atoms with E-state index in [1.807, 2.05) is 30.3 Å². The Kier molecular flexibility index (Phi) is 5.91. The molecule has 0 saturated heterocycles. The lowest BCUT2D eigenvalue weighted by atomic mass is 10.1. The van der Waals surface area contributed by atoms with Crippen molar-refractivity contribution in [3.8, 4) is 17.1 Å². The topological polar surface area (TPSA) is 102 Å². The van der Waals surface area contributed by atoms with Crippen LogP contribution in [0.15, 0.2) is 58.1 Å². The van der Waals surface area contributed by atoms with Gasteiger partial charge in [-0.2, -0.15) is 0 Å². The fourth-order valence-electron chi connectivity index (χ4n) is 3.62. The van der Waals surface area contributed by atoms with Crippen molar-refractivity contribution in [3.63, 3.8) is 0 Å². The lowest BCUT2D eigenvalue weighted by molar-refractivity contribution is 0.173. The molecule has 2 aromatic carbocycles. The molecule has 0 bridgehead atoms. The van der Waals surface area contributed by atoms with Crippen LogP contribution in [0.25, 0.3) is 22.6 Å². The largest absolute Gasteiger partial charge is 0.490 e. The molecule has 0 amide bonds. The summed E-state index contributed by atoms with van der Waals surface area (Å²) in [6.07, 6.45) is -0.173. The molecular formula is C23H23FN4O4. The maximum absolute atomic E-state index is 14.7. The molecule has 0 aliphatic heterocycles. The minimum absolute atomic E-state index is 0.0366. The molecule has 0 aliphatic rings. The molecule has 2 aromatic heterocycles. The van der Waals surface area contributed by atoms with E-state index < -0.39 is 23.2 Å². The summed E-state index contributed by atoms with van der Waals surface area (Å²) in [5, 5.41) is 9.71. The van der Waals surface area contributed by atoms with Crippen molar-refractivity contribution in [3.05, 3.63) is 80.7 Å². The molecule has 8 nitrogen and oxygen atoms in total. The minimum Gasteiger partial charge on any atom is -0.490 e. The van der Waals surface area contributed by atoms with E-state index in [-0.39, 0.29) is 23.5 Å². The Morgan fingerprint density at radius 2 is 1.94 bits per heavy atom. The van der Waals surface area contributed by atoms with E-state index in [0.29, 0.717) is 24.4 Å². The SMILES string of the molecule is CC(O)Cn1c(=O)[nH]c(=O)c2c1nc(-c1ccc(OCCc3ccccc3)c(F)c1)n2C. The van der Waals surface area contributed by atoms with E-state index in [0.717, 1.165) is 5.56 Å². The first-order valence-electron chi connectivity index (χ1n) is 10.2. The van der Waals surface area contributed by atoms with E-state index in [4.69, 9.17) is 4.74 Å². The Bertz CT molecular complexity index is 1370. The number of benzene rings is 2. The third kappa shape index (κ3) is 4.19. The maximum atomic E-state index is 14.7. The number of halogens is 1. The van der Waals surface area contributed by atoms with Crippen LogP contribution in [0.4, 0.5) is 4.39 Å². The van der Waals surface area contributed by atoms with Crippen LogP contribution in [-0.2, 0) is 20.0 Å². The molecule has 32 heavy (non-hydrogen) atoms. The highest BCUT2D eigenvalue weighted by Gasteiger charge is 2.19. The molecule has 2 N–H and O–H groups in total. The van der Waals surface area contributed by atoms with Crippen molar-refractivity contribution < 1.29 is 14.2 Å². The third-order valence-electron chi connectivity index (χ3n) is 5.14. The second kappa shape index (κ2) is 8.80. The molecule has 4 aromatic rings. The molecule has 9 heteroatoms. The second-order valence-electron chi connectivity index (χ2n) is 7.61. The number of ether oxygens (including phenoxy) is 1. The van der Waals surface area contributed by atoms with Crippen molar-refractivity contribution in [1.29, 1.82) is 0 Å². The van der Waals surface area contributed by atoms with Gasteiger partial charge in [0.15, 0.2) is 22.7 Å². The number of aromatic nitrogens is 4. The van der Waals surface area contributed by atoms with E-state index >= 15 is 0 Å². The summed E-state index contributed by atoms with van der Waals surface area (Å²) in [7, 11) is 1.61. The Hall–Kier alpha value is -3.72. The zero-order valence-corrected chi connectivity index (χ0v) is 17.7. The third-order valence-corrected chi connectivity index (χ3v) is 5.14. The molecule has 1 unspecified atom stereocenters. The highest BCUT2D eigenvalue weighted by atomic mass is 19.1. The van der Waals surface area contributed by atoms with Crippen molar-refractivity contribution in [2.45, 2.75) is 26.0 Å². The highest BCUT2D eigenvalue weighted by Crippen LogP contribution is 2.26.